The Morgan fingerprint density at radius 2 is 1.97 bits per heavy atom. The van der Waals surface area contributed by atoms with Crippen LogP contribution in [-0.4, -0.2) is 40.5 Å². The Morgan fingerprint density at radius 3 is 2.53 bits per heavy atom. The Balaban J connectivity index is 1.88. The highest BCUT2D eigenvalue weighted by molar-refractivity contribution is 7.90. The molecule has 2 aromatic rings. The van der Waals surface area contributed by atoms with Gasteiger partial charge in [0.1, 0.15) is 0 Å². The second-order valence-corrected chi connectivity index (χ2v) is 10.6. The zero-order valence-electron chi connectivity index (χ0n) is 17.8. The summed E-state index contributed by atoms with van der Waals surface area (Å²) < 4.78 is 27.8. The molecular weight excluding hydrogens is 400 g/mol. The van der Waals surface area contributed by atoms with Crippen LogP contribution in [0.4, 0.5) is 4.79 Å². The van der Waals surface area contributed by atoms with Gasteiger partial charge in [0.05, 0.1) is 24.2 Å². The molecule has 1 aliphatic carbocycles. The summed E-state index contributed by atoms with van der Waals surface area (Å²) in [6, 6.07) is 9.06. The molecule has 162 valence electrons. The van der Waals surface area contributed by atoms with Gasteiger partial charge >= 0.3 is 6.03 Å². The molecule has 7 nitrogen and oxygen atoms in total. The van der Waals surface area contributed by atoms with Crippen molar-refractivity contribution in [3.05, 3.63) is 60.4 Å². The molecule has 1 aromatic heterocycles. The van der Waals surface area contributed by atoms with Gasteiger partial charge in [0.25, 0.3) is 0 Å². The Morgan fingerprint density at radius 1 is 1.30 bits per heavy atom. The molecule has 1 saturated carbocycles. The Hall–Kier alpha value is -2.61. The number of sulfone groups is 1. The zero-order chi connectivity index (χ0) is 21.9. The van der Waals surface area contributed by atoms with Crippen LogP contribution in [0, 0.1) is 0 Å². The maximum absolute atomic E-state index is 13.1. The van der Waals surface area contributed by atoms with Crippen molar-refractivity contribution in [1.82, 2.24) is 19.8 Å². The lowest BCUT2D eigenvalue weighted by Gasteiger charge is -2.28. The molecule has 1 fully saturated rings. The van der Waals surface area contributed by atoms with E-state index in [1.165, 1.54) is 0 Å². The SMILES string of the molecule is C=CCn1c(CN(C(=O)NC(C)(C)C)C2CC2)cnc1S(=O)(=O)Cc1ccccc1. The van der Waals surface area contributed by atoms with Crippen LogP contribution in [0.15, 0.2) is 54.3 Å². The zero-order valence-corrected chi connectivity index (χ0v) is 18.7. The fourth-order valence-corrected chi connectivity index (χ4v) is 4.77. The molecule has 0 atom stereocenters. The third kappa shape index (κ3) is 5.50. The number of rotatable bonds is 8. The summed E-state index contributed by atoms with van der Waals surface area (Å²) in [6.45, 7) is 10.2. The molecule has 2 amide bonds. The van der Waals surface area contributed by atoms with Crippen LogP contribution in [0.2, 0.25) is 0 Å². The summed E-state index contributed by atoms with van der Waals surface area (Å²) in [4.78, 5) is 18.8. The van der Waals surface area contributed by atoms with Gasteiger partial charge in [-0.05, 0) is 39.2 Å². The minimum absolute atomic E-state index is 0.00762. The maximum Gasteiger partial charge on any atom is 0.318 e. The molecule has 8 heteroatoms. The smallest absolute Gasteiger partial charge is 0.318 e. The van der Waals surface area contributed by atoms with Gasteiger partial charge in [0.2, 0.25) is 15.0 Å². The van der Waals surface area contributed by atoms with E-state index in [0.29, 0.717) is 24.3 Å². The lowest BCUT2D eigenvalue weighted by molar-refractivity contribution is 0.181. The first kappa shape index (κ1) is 22.1. The molecule has 3 rings (SSSR count). The average Bonchev–Trinajstić information content (AvgIpc) is 3.40. The van der Waals surface area contributed by atoms with Crippen LogP contribution in [-0.2, 0) is 28.7 Å². The van der Waals surface area contributed by atoms with Crippen molar-refractivity contribution >= 4 is 15.9 Å². The topological polar surface area (TPSA) is 84.3 Å². The van der Waals surface area contributed by atoms with Crippen molar-refractivity contribution in [2.75, 3.05) is 0 Å². The second-order valence-electron chi connectivity index (χ2n) is 8.72. The van der Waals surface area contributed by atoms with Crippen LogP contribution in [0.25, 0.3) is 0 Å². The minimum Gasteiger partial charge on any atom is -0.333 e. The molecule has 0 aliphatic heterocycles. The highest BCUT2D eigenvalue weighted by atomic mass is 32.2. The molecular formula is C22H30N4O3S. The highest BCUT2D eigenvalue weighted by Crippen LogP contribution is 2.29. The van der Waals surface area contributed by atoms with E-state index in [-0.39, 0.29) is 28.5 Å². The first-order chi connectivity index (χ1) is 14.1. The molecule has 30 heavy (non-hydrogen) atoms. The number of hydrogen-bond acceptors (Lipinski definition) is 4. The number of imidazole rings is 1. The number of benzene rings is 1. The van der Waals surface area contributed by atoms with Crippen LogP contribution >= 0.6 is 0 Å². The standard InChI is InChI=1S/C22H30N4O3S/c1-5-13-25-19(15-26(18-11-12-18)20(27)24-22(2,3)4)14-23-21(25)30(28,29)16-17-9-7-6-8-10-17/h5-10,14,18H,1,11-13,15-16H2,2-4H3,(H,24,27). The molecule has 1 heterocycles. The van der Waals surface area contributed by atoms with Crippen LogP contribution in [0.3, 0.4) is 0 Å². The fourth-order valence-electron chi connectivity index (χ4n) is 3.27. The van der Waals surface area contributed by atoms with E-state index in [4.69, 9.17) is 0 Å². The van der Waals surface area contributed by atoms with Gasteiger partial charge in [0, 0.05) is 18.1 Å². The number of urea groups is 1. The highest BCUT2D eigenvalue weighted by Gasteiger charge is 2.35. The van der Waals surface area contributed by atoms with Gasteiger partial charge in [-0.25, -0.2) is 18.2 Å². The van der Waals surface area contributed by atoms with Crippen LogP contribution < -0.4 is 5.32 Å². The van der Waals surface area contributed by atoms with Crippen molar-refractivity contribution in [2.24, 2.45) is 0 Å². The number of hydrogen-bond donors (Lipinski definition) is 1. The molecule has 0 bridgehead atoms. The van der Waals surface area contributed by atoms with Gasteiger partial charge in [-0.2, -0.15) is 0 Å². The van der Waals surface area contributed by atoms with Crippen molar-refractivity contribution in [3.63, 3.8) is 0 Å². The molecule has 1 aliphatic rings. The quantitative estimate of drug-likeness (QED) is 0.650. The number of allylic oxidation sites excluding steroid dienone is 1. The van der Waals surface area contributed by atoms with E-state index in [0.717, 1.165) is 12.8 Å². The van der Waals surface area contributed by atoms with E-state index < -0.39 is 9.84 Å². The second kappa shape index (κ2) is 8.63. The fraction of sp³-hybridized carbons (Fsp3) is 0.455. The molecule has 0 radical (unpaired) electrons. The Bertz CT molecular complexity index is 1000. The summed E-state index contributed by atoms with van der Waals surface area (Å²) in [5.74, 6) is -0.127. The van der Waals surface area contributed by atoms with E-state index >= 15 is 0 Å². The molecule has 0 spiro atoms. The number of nitrogens with one attached hydrogen (secondary N) is 1. The normalized spacial score (nSPS) is 14.4. The lowest BCUT2D eigenvalue weighted by Crippen LogP contribution is -2.49. The third-order valence-corrected chi connectivity index (χ3v) is 6.35. The van der Waals surface area contributed by atoms with Crippen molar-refractivity contribution < 1.29 is 13.2 Å². The van der Waals surface area contributed by atoms with Crippen LogP contribution in [0.1, 0.15) is 44.9 Å². The largest absolute Gasteiger partial charge is 0.333 e. The summed E-state index contributed by atoms with van der Waals surface area (Å²) >= 11 is 0. The predicted molar refractivity (Wildman–Crippen MR) is 117 cm³/mol. The lowest BCUT2D eigenvalue weighted by atomic mass is 10.1. The Kier molecular flexibility index (Phi) is 6.36. The van der Waals surface area contributed by atoms with Crippen molar-refractivity contribution in [2.45, 2.75) is 69.2 Å². The van der Waals surface area contributed by atoms with Gasteiger partial charge in [0.15, 0.2) is 0 Å². The van der Waals surface area contributed by atoms with Gasteiger partial charge < -0.3 is 14.8 Å². The third-order valence-electron chi connectivity index (χ3n) is 4.75. The van der Waals surface area contributed by atoms with Crippen molar-refractivity contribution in [1.29, 1.82) is 0 Å². The number of amides is 2. The summed E-state index contributed by atoms with van der Waals surface area (Å²) in [7, 11) is -3.65. The number of aromatic nitrogens is 2. The van der Waals surface area contributed by atoms with Crippen LogP contribution in [0.5, 0.6) is 0 Å². The monoisotopic (exact) mass is 430 g/mol. The molecule has 0 unspecified atom stereocenters. The predicted octanol–water partition coefficient (Wildman–Crippen LogP) is 3.52. The Labute approximate surface area is 178 Å². The summed E-state index contributed by atoms with van der Waals surface area (Å²) in [6.07, 6.45) is 5.10. The first-order valence-electron chi connectivity index (χ1n) is 10.1. The molecule has 1 aromatic carbocycles. The van der Waals surface area contributed by atoms with E-state index in [2.05, 4.69) is 16.9 Å². The van der Waals surface area contributed by atoms with Gasteiger partial charge in [-0.1, -0.05) is 36.4 Å². The maximum atomic E-state index is 13.1. The van der Waals surface area contributed by atoms with Gasteiger partial charge in [-0.3, -0.25) is 0 Å². The number of carbonyl (C=O) groups excluding carboxylic acids is 1. The van der Waals surface area contributed by atoms with E-state index in [1.807, 2.05) is 39.0 Å². The molecule has 1 N–H and O–H groups in total. The minimum atomic E-state index is -3.65. The van der Waals surface area contributed by atoms with Crippen molar-refractivity contribution in [3.8, 4) is 0 Å². The summed E-state index contributed by atoms with van der Waals surface area (Å²) in [5.41, 5.74) is 1.03. The first-order valence-corrected chi connectivity index (χ1v) is 11.8. The number of carbonyl (C=O) groups is 1. The van der Waals surface area contributed by atoms with E-state index in [9.17, 15) is 13.2 Å². The molecule has 0 saturated heterocycles. The number of nitrogens with zero attached hydrogens (tertiary/aromatic N) is 3. The van der Waals surface area contributed by atoms with Gasteiger partial charge in [-0.15, -0.1) is 6.58 Å². The average molecular weight is 431 g/mol. The van der Waals surface area contributed by atoms with E-state index in [1.54, 1.807) is 33.9 Å². The summed E-state index contributed by atoms with van der Waals surface area (Å²) in [5, 5.41) is 3.01.